The van der Waals surface area contributed by atoms with Crippen molar-refractivity contribution in [3.63, 3.8) is 0 Å². The Morgan fingerprint density at radius 2 is 1.90 bits per heavy atom. The fourth-order valence-corrected chi connectivity index (χ4v) is 3.58. The molecule has 0 fully saturated rings. The Bertz CT molecular complexity index is 1170. The van der Waals surface area contributed by atoms with Gasteiger partial charge in [0.15, 0.2) is 0 Å². The van der Waals surface area contributed by atoms with Gasteiger partial charge in [0, 0.05) is 30.4 Å². The lowest BCUT2D eigenvalue weighted by Crippen LogP contribution is -2.32. The van der Waals surface area contributed by atoms with Gasteiger partial charge in [0.25, 0.3) is 11.5 Å². The molecule has 0 aliphatic carbocycles. The fraction of sp³-hybridized carbons (Fsp3) is 0.217. The molecule has 2 amide bonds. The van der Waals surface area contributed by atoms with Crippen molar-refractivity contribution >= 4 is 23.2 Å². The molecule has 4 rings (SSSR count). The number of carbonyl (C=O) groups excluding carboxylic acids is 2. The van der Waals surface area contributed by atoms with E-state index in [1.807, 2.05) is 49.4 Å². The molecule has 2 aromatic carbocycles. The largest absolute Gasteiger partial charge is 0.321 e. The molecule has 3 aromatic rings. The predicted molar refractivity (Wildman–Crippen MR) is 115 cm³/mol. The number of nitrogens with zero attached hydrogens (tertiary/aromatic N) is 3. The second-order valence-electron chi connectivity index (χ2n) is 7.28. The number of anilines is 2. The molecule has 0 unspecified atom stereocenters. The SMILES string of the molecule is Cc1cccc(NC(=O)c2ccc(=O)n(CCC(=O)N3CCc4ccccc43)n2)c1. The van der Waals surface area contributed by atoms with Crippen molar-refractivity contribution in [2.24, 2.45) is 0 Å². The van der Waals surface area contributed by atoms with Crippen molar-refractivity contribution in [2.75, 3.05) is 16.8 Å². The lowest BCUT2D eigenvalue weighted by molar-refractivity contribution is -0.118. The van der Waals surface area contributed by atoms with Gasteiger partial charge >= 0.3 is 0 Å². The van der Waals surface area contributed by atoms with Gasteiger partial charge < -0.3 is 10.2 Å². The zero-order valence-electron chi connectivity index (χ0n) is 16.7. The van der Waals surface area contributed by atoms with Gasteiger partial charge in [0.1, 0.15) is 5.69 Å². The number of hydrogen-bond acceptors (Lipinski definition) is 4. The molecule has 1 aromatic heterocycles. The van der Waals surface area contributed by atoms with Crippen molar-refractivity contribution in [3.05, 3.63) is 87.8 Å². The molecule has 1 aliphatic rings. The Kier molecular flexibility index (Phi) is 5.43. The van der Waals surface area contributed by atoms with Gasteiger partial charge in [0.2, 0.25) is 5.91 Å². The highest BCUT2D eigenvalue weighted by Crippen LogP contribution is 2.27. The van der Waals surface area contributed by atoms with E-state index in [0.29, 0.717) is 12.2 Å². The molecule has 2 heterocycles. The molecule has 0 atom stereocenters. The molecule has 0 radical (unpaired) electrons. The van der Waals surface area contributed by atoms with E-state index in [-0.39, 0.29) is 30.1 Å². The first kappa shape index (κ1) is 19.6. The van der Waals surface area contributed by atoms with Crippen LogP contribution in [-0.2, 0) is 17.8 Å². The molecule has 0 saturated carbocycles. The van der Waals surface area contributed by atoms with Crippen LogP contribution in [-0.4, -0.2) is 28.1 Å². The topological polar surface area (TPSA) is 84.3 Å². The molecule has 1 N–H and O–H groups in total. The normalized spacial score (nSPS) is 12.5. The van der Waals surface area contributed by atoms with E-state index in [4.69, 9.17) is 0 Å². The second-order valence-corrected chi connectivity index (χ2v) is 7.28. The third-order valence-electron chi connectivity index (χ3n) is 5.10. The van der Waals surface area contributed by atoms with E-state index >= 15 is 0 Å². The van der Waals surface area contributed by atoms with E-state index in [9.17, 15) is 14.4 Å². The Morgan fingerprint density at radius 3 is 2.73 bits per heavy atom. The predicted octanol–water partition coefficient (Wildman–Crippen LogP) is 2.78. The number of benzene rings is 2. The molecule has 7 heteroatoms. The summed E-state index contributed by atoms with van der Waals surface area (Å²) in [5.41, 5.74) is 3.52. The minimum Gasteiger partial charge on any atom is -0.321 e. The quantitative estimate of drug-likeness (QED) is 0.711. The molecule has 152 valence electrons. The lowest BCUT2D eigenvalue weighted by Gasteiger charge is -2.17. The lowest BCUT2D eigenvalue weighted by atomic mass is 10.2. The van der Waals surface area contributed by atoms with E-state index in [0.717, 1.165) is 23.2 Å². The maximum atomic E-state index is 12.7. The highest BCUT2D eigenvalue weighted by atomic mass is 16.2. The van der Waals surface area contributed by atoms with Crippen LogP contribution in [0.1, 0.15) is 28.0 Å². The molecule has 0 saturated heterocycles. The summed E-state index contributed by atoms with van der Waals surface area (Å²) in [5.74, 6) is -0.475. The van der Waals surface area contributed by atoms with Crippen LogP contribution in [0, 0.1) is 6.92 Å². The summed E-state index contributed by atoms with van der Waals surface area (Å²) < 4.78 is 1.17. The molecule has 0 bridgehead atoms. The summed E-state index contributed by atoms with van der Waals surface area (Å²) in [5, 5.41) is 6.93. The summed E-state index contributed by atoms with van der Waals surface area (Å²) in [6.07, 6.45) is 0.957. The van der Waals surface area contributed by atoms with Crippen LogP contribution in [0.4, 0.5) is 11.4 Å². The molecule has 30 heavy (non-hydrogen) atoms. The van der Waals surface area contributed by atoms with Gasteiger partial charge in [0.05, 0.1) is 6.54 Å². The smallest absolute Gasteiger partial charge is 0.276 e. The third-order valence-corrected chi connectivity index (χ3v) is 5.10. The second kappa shape index (κ2) is 8.32. The average Bonchev–Trinajstić information content (AvgIpc) is 3.17. The third kappa shape index (κ3) is 4.15. The summed E-state index contributed by atoms with van der Waals surface area (Å²) >= 11 is 0. The highest BCUT2D eigenvalue weighted by Gasteiger charge is 2.24. The number of para-hydroxylation sites is 1. The Hall–Kier alpha value is -3.74. The monoisotopic (exact) mass is 402 g/mol. The Balaban J connectivity index is 1.44. The number of fused-ring (bicyclic) bond motifs is 1. The van der Waals surface area contributed by atoms with E-state index in [1.165, 1.54) is 16.8 Å². The number of hydrogen-bond donors (Lipinski definition) is 1. The van der Waals surface area contributed by atoms with Gasteiger partial charge in [-0.2, -0.15) is 5.10 Å². The number of nitrogens with one attached hydrogen (secondary N) is 1. The first-order chi connectivity index (χ1) is 14.5. The standard InChI is InChI=1S/C23H22N4O3/c1-16-5-4-7-18(15-16)24-23(30)19-9-10-22(29)27(25-19)14-12-21(28)26-13-11-17-6-2-3-8-20(17)26/h2-10,15H,11-14H2,1H3,(H,24,30). The number of rotatable bonds is 5. The van der Waals surface area contributed by atoms with Crippen molar-refractivity contribution in [2.45, 2.75) is 26.3 Å². The van der Waals surface area contributed by atoms with Crippen molar-refractivity contribution in [3.8, 4) is 0 Å². The van der Waals surface area contributed by atoms with Gasteiger partial charge in [-0.25, -0.2) is 4.68 Å². The van der Waals surface area contributed by atoms with Gasteiger partial charge in [-0.3, -0.25) is 14.4 Å². The number of amides is 2. The summed E-state index contributed by atoms with van der Waals surface area (Å²) in [6.45, 7) is 2.69. The number of aromatic nitrogens is 2. The minimum atomic E-state index is -0.408. The summed E-state index contributed by atoms with van der Waals surface area (Å²) in [6, 6.07) is 17.9. The molecule has 0 spiro atoms. The first-order valence-electron chi connectivity index (χ1n) is 9.86. The van der Waals surface area contributed by atoms with Crippen LogP contribution in [0.15, 0.2) is 65.5 Å². The Labute approximate surface area is 174 Å². The molecule has 1 aliphatic heterocycles. The van der Waals surface area contributed by atoms with E-state index in [1.54, 1.807) is 11.0 Å². The van der Waals surface area contributed by atoms with Gasteiger partial charge in [-0.1, -0.05) is 30.3 Å². The summed E-state index contributed by atoms with van der Waals surface area (Å²) in [4.78, 5) is 39.1. The fourth-order valence-electron chi connectivity index (χ4n) is 3.58. The number of carbonyl (C=O) groups is 2. The zero-order chi connectivity index (χ0) is 21.1. The van der Waals surface area contributed by atoms with Crippen LogP contribution in [0.3, 0.4) is 0 Å². The molecular weight excluding hydrogens is 380 g/mol. The minimum absolute atomic E-state index is 0.0664. The van der Waals surface area contributed by atoms with Crippen LogP contribution in [0.5, 0.6) is 0 Å². The summed E-state index contributed by atoms with van der Waals surface area (Å²) in [7, 11) is 0. The molecular formula is C23H22N4O3. The van der Waals surface area contributed by atoms with Crippen molar-refractivity contribution < 1.29 is 9.59 Å². The van der Waals surface area contributed by atoms with Crippen LogP contribution >= 0.6 is 0 Å². The van der Waals surface area contributed by atoms with Crippen LogP contribution in [0.2, 0.25) is 0 Å². The highest BCUT2D eigenvalue weighted by molar-refractivity contribution is 6.02. The maximum Gasteiger partial charge on any atom is 0.276 e. The average molecular weight is 402 g/mol. The van der Waals surface area contributed by atoms with E-state index in [2.05, 4.69) is 10.4 Å². The van der Waals surface area contributed by atoms with E-state index < -0.39 is 5.91 Å². The van der Waals surface area contributed by atoms with Crippen molar-refractivity contribution in [1.82, 2.24) is 9.78 Å². The maximum absolute atomic E-state index is 12.7. The first-order valence-corrected chi connectivity index (χ1v) is 9.86. The number of aryl methyl sites for hydroxylation is 2. The van der Waals surface area contributed by atoms with Crippen LogP contribution in [0.25, 0.3) is 0 Å². The van der Waals surface area contributed by atoms with Crippen molar-refractivity contribution in [1.29, 1.82) is 0 Å². The van der Waals surface area contributed by atoms with Gasteiger partial charge in [-0.05, 0) is 48.7 Å². The zero-order valence-corrected chi connectivity index (χ0v) is 16.7. The Morgan fingerprint density at radius 1 is 1.07 bits per heavy atom. The molecule has 7 nitrogen and oxygen atoms in total. The van der Waals surface area contributed by atoms with Gasteiger partial charge in [-0.15, -0.1) is 0 Å². The van der Waals surface area contributed by atoms with Crippen LogP contribution < -0.4 is 15.8 Å².